The lowest BCUT2D eigenvalue weighted by Crippen LogP contribution is -2.22. The Hall–Kier alpha value is -3.98. The number of nitriles is 1. The molecule has 150 valence electrons. The number of nitrogens with zero attached hydrogens (tertiary/aromatic N) is 4. The molecule has 0 saturated carbocycles. The van der Waals surface area contributed by atoms with Crippen molar-refractivity contribution in [3.63, 3.8) is 0 Å². The summed E-state index contributed by atoms with van der Waals surface area (Å²) in [5.41, 5.74) is 3.30. The van der Waals surface area contributed by atoms with E-state index in [0.29, 0.717) is 24.9 Å². The fraction of sp³-hybridized carbons (Fsp3) is 0.167. The van der Waals surface area contributed by atoms with Crippen molar-refractivity contribution in [3.8, 4) is 17.5 Å². The molecule has 0 atom stereocenters. The monoisotopic (exact) mass is 398 g/mol. The van der Waals surface area contributed by atoms with Gasteiger partial charge in [0.05, 0.1) is 12.8 Å². The first-order chi connectivity index (χ1) is 14.6. The number of furan rings is 1. The third kappa shape index (κ3) is 4.20. The molecule has 0 unspecified atom stereocenters. The highest BCUT2D eigenvalue weighted by molar-refractivity contribution is 5.59. The van der Waals surface area contributed by atoms with Crippen LogP contribution in [0.3, 0.4) is 0 Å². The average molecular weight is 398 g/mol. The quantitative estimate of drug-likeness (QED) is 0.432. The fourth-order valence-electron chi connectivity index (χ4n) is 3.21. The molecule has 0 aliphatic carbocycles. The summed E-state index contributed by atoms with van der Waals surface area (Å²) in [6.07, 6.45) is 1.64. The molecule has 0 amide bonds. The van der Waals surface area contributed by atoms with E-state index in [1.165, 1.54) is 0 Å². The van der Waals surface area contributed by atoms with Gasteiger partial charge in [-0.05, 0) is 42.0 Å². The normalized spacial score (nSPS) is 10.6. The zero-order valence-corrected chi connectivity index (χ0v) is 16.9. The number of anilines is 2. The molecule has 0 N–H and O–H groups in total. The van der Waals surface area contributed by atoms with Gasteiger partial charge in [-0.2, -0.15) is 10.2 Å². The van der Waals surface area contributed by atoms with Gasteiger partial charge in [-0.25, -0.2) is 0 Å². The van der Waals surface area contributed by atoms with Crippen LogP contribution in [0.4, 0.5) is 11.6 Å². The van der Waals surface area contributed by atoms with Crippen molar-refractivity contribution in [1.29, 1.82) is 5.26 Å². The van der Waals surface area contributed by atoms with E-state index in [1.54, 1.807) is 6.26 Å². The van der Waals surface area contributed by atoms with Crippen molar-refractivity contribution >= 4 is 11.6 Å². The molecule has 2 aromatic heterocycles. The highest BCUT2D eigenvalue weighted by Crippen LogP contribution is 2.30. The smallest absolute Gasteiger partial charge is 0.235 e. The van der Waals surface area contributed by atoms with Crippen LogP contribution in [-0.4, -0.2) is 19.1 Å². The highest BCUT2D eigenvalue weighted by atomic mass is 16.4. The Morgan fingerprint density at radius 2 is 1.70 bits per heavy atom. The minimum atomic E-state index is 0.255. The van der Waals surface area contributed by atoms with Gasteiger partial charge in [0.15, 0.2) is 0 Å². The molecule has 6 heteroatoms. The maximum absolute atomic E-state index is 9.69. The molecule has 0 aliphatic heterocycles. The van der Waals surface area contributed by atoms with Crippen LogP contribution in [0.15, 0.2) is 81.8 Å². The molecule has 4 aromatic rings. The number of rotatable bonds is 7. The van der Waals surface area contributed by atoms with E-state index in [0.717, 1.165) is 22.6 Å². The molecule has 0 bridgehead atoms. The Bertz CT molecular complexity index is 1120. The van der Waals surface area contributed by atoms with Gasteiger partial charge in [0, 0.05) is 31.9 Å². The number of benzene rings is 2. The van der Waals surface area contributed by atoms with Crippen LogP contribution in [0.25, 0.3) is 11.5 Å². The maximum atomic E-state index is 9.69. The van der Waals surface area contributed by atoms with Crippen LogP contribution in [0.5, 0.6) is 0 Å². The second-order valence-electron chi connectivity index (χ2n) is 7.15. The summed E-state index contributed by atoms with van der Waals surface area (Å²) in [5, 5.41) is 9.69. The first-order valence-electron chi connectivity index (χ1n) is 9.64. The third-order valence-corrected chi connectivity index (χ3v) is 4.78. The molecule has 6 nitrogen and oxygen atoms in total. The average Bonchev–Trinajstić information content (AvgIpc) is 3.44. The van der Waals surface area contributed by atoms with Gasteiger partial charge >= 0.3 is 0 Å². The Morgan fingerprint density at radius 3 is 2.33 bits per heavy atom. The molecule has 4 rings (SSSR count). The number of oxazole rings is 1. The second-order valence-corrected chi connectivity index (χ2v) is 7.15. The summed E-state index contributed by atoms with van der Waals surface area (Å²) in [6, 6.07) is 23.8. The lowest BCUT2D eigenvalue weighted by atomic mass is 10.2. The molecule has 0 aliphatic rings. The number of hydrogen-bond acceptors (Lipinski definition) is 6. The molecule has 2 aromatic carbocycles. The summed E-state index contributed by atoms with van der Waals surface area (Å²) in [6.45, 7) is 1.01. The number of aromatic nitrogens is 1. The van der Waals surface area contributed by atoms with Crippen LogP contribution in [0, 0.1) is 11.3 Å². The first kappa shape index (κ1) is 19.3. The summed E-state index contributed by atoms with van der Waals surface area (Å²) in [7, 11) is 4.02. The molecule has 0 fully saturated rings. The topological polar surface area (TPSA) is 69.4 Å². The summed E-state index contributed by atoms with van der Waals surface area (Å²) in [4.78, 5) is 8.45. The van der Waals surface area contributed by atoms with Crippen molar-refractivity contribution in [2.75, 3.05) is 23.9 Å². The zero-order valence-electron chi connectivity index (χ0n) is 16.9. The van der Waals surface area contributed by atoms with Crippen LogP contribution in [0.1, 0.15) is 17.0 Å². The van der Waals surface area contributed by atoms with Crippen molar-refractivity contribution in [3.05, 3.63) is 90.0 Å². The van der Waals surface area contributed by atoms with Gasteiger partial charge in [0.1, 0.15) is 11.8 Å². The van der Waals surface area contributed by atoms with Gasteiger partial charge in [-0.15, -0.1) is 0 Å². The van der Waals surface area contributed by atoms with E-state index in [9.17, 15) is 5.26 Å². The highest BCUT2D eigenvalue weighted by Gasteiger charge is 2.22. The van der Waals surface area contributed by atoms with Gasteiger partial charge in [0.2, 0.25) is 17.5 Å². The predicted molar refractivity (Wildman–Crippen MR) is 116 cm³/mol. The fourth-order valence-corrected chi connectivity index (χ4v) is 3.21. The minimum Gasteiger partial charge on any atom is -0.467 e. The lowest BCUT2D eigenvalue weighted by molar-refractivity contribution is 0.483. The Morgan fingerprint density at radius 1 is 0.933 bits per heavy atom. The van der Waals surface area contributed by atoms with Gasteiger partial charge in [-0.3, -0.25) is 0 Å². The maximum Gasteiger partial charge on any atom is 0.235 e. The molecule has 0 radical (unpaired) electrons. The van der Waals surface area contributed by atoms with E-state index in [-0.39, 0.29) is 5.69 Å². The SMILES string of the molecule is CN(C)c1ccc(CN(Cc2ccco2)c2oc(-c3ccccc3)nc2C#N)cc1. The molecule has 30 heavy (non-hydrogen) atoms. The summed E-state index contributed by atoms with van der Waals surface area (Å²) < 4.78 is 11.6. The van der Waals surface area contributed by atoms with Gasteiger partial charge in [-0.1, -0.05) is 30.3 Å². The largest absolute Gasteiger partial charge is 0.467 e. The minimum absolute atomic E-state index is 0.255. The van der Waals surface area contributed by atoms with Crippen LogP contribution < -0.4 is 9.80 Å². The van der Waals surface area contributed by atoms with Crippen molar-refractivity contribution in [2.24, 2.45) is 0 Å². The van der Waals surface area contributed by atoms with Gasteiger partial charge in [0.25, 0.3) is 0 Å². The first-order valence-corrected chi connectivity index (χ1v) is 9.64. The van der Waals surface area contributed by atoms with Gasteiger partial charge < -0.3 is 18.6 Å². The van der Waals surface area contributed by atoms with E-state index >= 15 is 0 Å². The molecular weight excluding hydrogens is 376 g/mol. The van der Waals surface area contributed by atoms with E-state index in [2.05, 4.69) is 40.2 Å². The molecular formula is C24H22N4O2. The molecule has 2 heterocycles. The van der Waals surface area contributed by atoms with E-state index in [4.69, 9.17) is 8.83 Å². The number of hydrogen-bond donors (Lipinski definition) is 0. The van der Waals surface area contributed by atoms with Crippen LogP contribution in [0.2, 0.25) is 0 Å². The zero-order chi connectivity index (χ0) is 20.9. The van der Waals surface area contributed by atoms with E-state index < -0.39 is 0 Å². The van der Waals surface area contributed by atoms with Crippen molar-refractivity contribution in [1.82, 2.24) is 4.98 Å². The molecule has 0 spiro atoms. The Balaban J connectivity index is 1.69. The van der Waals surface area contributed by atoms with E-state index in [1.807, 2.05) is 61.5 Å². The Labute approximate surface area is 175 Å². The predicted octanol–water partition coefficient (Wildman–Crippen LogP) is 5.08. The molecule has 0 saturated heterocycles. The Kier molecular flexibility index (Phi) is 5.53. The van der Waals surface area contributed by atoms with Crippen molar-refractivity contribution < 1.29 is 8.83 Å². The second kappa shape index (κ2) is 8.58. The van der Waals surface area contributed by atoms with Crippen LogP contribution in [-0.2, 0) is 13.1 Å². The summed E-state index contributed by atoms with van der Waals surface area (Å²) >= 11 is 0. The lowest BCUT2D eigenvalue weighted by Gasteiger charge is -2.21. The standard InChI is InChI=1S/C24H22N4O2/c1-27(2)20-12-10-18(11-13-20)16-28(17-21-9-6-14-29-21)24-22(15-25)26-23(30-24)19-7-4-3-5-8-19/h3-14H,16-17H2,1-2H3. The summed E-state index contributed by atoms with van der Waals surface area (Å²) in [5.74, 6) is 1.64. The van der Waals surface area contributed by atoms with Crippen molar-refractivity contribution in [2.45, 2.75) is 13.1 Å². The third-order valence-electron chi connectivity index (χ3n) is 4.78. The van der Waals surface area contributed by atoms with Crippen LogP contribution >= 0.6 is 0 Å².